The lowest BCUT2D eigenvalue weighted by molar-refractivity contribution is -0.116. The Kier molecular flexibility index (Phi) is 4.64. The van der Waals surface area contributed by atoms with Crippen molar-refractivity contribution >= 4 is 40.6 Å². The number of alkyl halides is 1. The highest BCUT2D eigenvalue weighted by Gasteiger charge is 2.26. The first-order chi connectivity index (χ1) is 11.6. The number of hydrogen-bond donors (Lipinski definition) is 2. The lowest BCUT2D eigenvalue weighted by Gasteiger charge is -2.09. The maximum absolute atomic E-state index is 12.3. The highest BCUT2D eigenvalue weighted by Crippen LogP contribution is 2.31. The predicted octanol–water partition coefficient (Wildman–Crippen LogP) is 3.42. The minimum atomic E-state index is -0.943. The molecule has 0 aliphatic rings. The van der Waals surface area contributed by atoms with Gasteiger partial charge in [0.25, 0.3) is 5.91 Å². The molecular formula is C16H12ClN3O3S. The molecule has 0 fully saturated rings. The molecule has 6 nitrogen and oxygen atoms in total. The van der Waals surface area contributed by atoms with E-state index in [1.807, 2.05) is 11.4 Å². The van der Waals surface area contributed by atoms with Crippen LogP contribution in [0, 0.1) is 0 Å². The first kappa shape index (κ1) is 16.2. The van der Waals surface area contributed by atoms with E-state index in [0.717, 1.165) is 0 Å². The molecule has 0 spiro atoms. The lowest BCUT2D eigenvalue weighted by atomic mass is 10.1. The van der Waals surface area contributed by atoms with Gasteiger partial charge in [0.2, 0.25) is 11.8 Å². The fraction of sp³-hybridized carbons (Fsp3) is 0.0625. The van der Waals surface area contributed by atoms with E-state index in [1.165, 1.54) is 11.3 Å². The number of hydrogen-bond acceptors (Lipinski definition) is 5. The Morgan fingerprint density at radius 3 is 2.62 bits per heavy atom. The van der Waals surface area contributed by atoms with E-state index in [0.29, 0.717) is 11.1 Å². The van der Waals surface area contributed by atoms with Gasteiger partial charge in [-0.25, -0.2) is 0 Å². The van der Waals surface area contributed by atoms with Crippen LogP contribution < -0.4 is 11.1 Å². The predicted molar refractivity (Wildman–Crippen MR) is 92.0 cm³/mol. The van der Waals surface area contributed by atoms with Crippen LogP contribution in [0.5, 0.6) is 0 Å². The summed E-state index contributed by atoms with van der Waals surface area (Å²) in [4.78, 5) is 24.1. The van der Waals surface area contributed by atoms with Crippen LogP contribution in [0.4, 0.5) is 5.88 Å². The van der Waals surface area contributed by atoms with Gasteiger partial charge in [-0.1, -0.05) is 35.5 Å². The highest BCUT2D eigenvalue weighted by molar-refractivity contribution is 7.08. The average Bonchev–Trinajstić information content (AvgIpc) is 3.23. The number of carbonyl (C=O) groups excluding carboxylic acids is 2. The molecule has 0 aliphatic carbocycles. The smallest absolute Gasteiger partial charge is 0.256 e. The second-order valence-corrected chi connectivity index (χ2v) is 6.09. The maximum Gasteiger partial charge on any atom is 0.256 e. The van der Waals surface area contributed by atoms with E-state index in [-0.39, 0.29) is 17.1 Å². The highest BCUT2D eigenvalue weighted by atomic mass is 35.5. The van der Waals surface area contributed by atoms with Crippen LogP contribution in [0.2, 0.25) is 0 Å². The van der Waals surface area contributed by atoms with E-state index in [2.05, 4.69) is 10.5 Å². The first-order valence-electron chi connectivity index (χ1n) is 6.90. The molecule has 24 heavy (non-hydrogen) atoms. The maximum atomic E-state index is 12.3. The fourth-order valence-electron chi connectivity index (χ4n) is 2.15. The van der Waals surface area contributed by atoms with Gasteiger partial charge >= 0.3 is 0 Å². The summed E-state index contributed by atoms with van der Waals surface area (Å²) in [7, 11) is 0. The van der Waals surface area contributed by atoms with Crippen LogP contribution in [-0.2, 0) is 4.79 Å². The van der Waals surface area contributed by atoms with Crippen molar-refractivity contribution in [1.29, 1.82) is 0 Å². The number of rotatable bonds is 5. The number of aromatic nitrogens is 1. The van der Waals surface area contributed by atoms with Crippen molar-refractivity contribution < 1.29 is 14.1 Å². The van der Waals surface area contributed by atoms with Gasteiger partial charge < -0.3 is 10.3 Å². The number of nitrogens with zero attached hydrogens (tertiary/aromatic N) is 1. The number of nitrogens with one attached hydrogen (secondary N) is 1. The van der Waals surface area contributed by atoms with Gasteiger partial charge in [0.05, 0.1) is 0 Å². The van der Waals surface area contributed by atoms with Gasteiger partial charge in [-0.15, -0.1) is 11.6 Å². The van der Waals surface area contributed by atoms with Crippen molar-refractivity contribution in [2.24, 2.45) is 5.73 Å². The summed E-state index contributed by atoms with van der Waals surface area (Å²) in [5.41, 5.74) is 7.01. The van der Waals surface area contributed by atoms with E-state index >= 15 is 0 Å². The molecule has 1 unspecified atom stereocenters. The van der Waals surface area contributed by atoms with Crippen LogP contribution in [-0.4, -0.2) is 17.0 Å². The Labute approximate surface area is 146 Å². The Morgan fingerprint density at radius 2 is 2.00 bits per heavy atom. The molecule has 0 saturated carbocycles. The van der Waals surface area contributed by atoms with Gasteiger partial charge in [0.15, 0.2) is 0 Å². The summed E-state index contributed by atoms with van der Waals surface area (Å²) < 4.78 is 5.10. The van der Waals surface area contributed by atoms with Crippen molar-refractivity contribution in [2.45, 2.75) is 5.38 Å². The zero-order valence-electron chi connectivity index (χ0n) is 12.2. The molecular weight excluding hydrogens is 350 g/mol. The molecule has 8 heteroatoms. The number of primary amides is 1. The number of halogens is 1. The fourth-order valence-corrected chi connectivity index (χ4v) is 2.99. The number of amides is 2. The standard InChI is InChI=1S/C16H12ClN3O3S/c17-12(9-4-2-1-3-5-9)15(22)19-16-11(14(18)21)13(20-23-16)10-6-7-24-8-10/h1-8,12H,(H2,18,21)(H,19,22). The Morgan fingerprint density at radius 1 is 1.25 bits per heavy atom. The summed E-state index contributed by atoms with van der Waals surface area (Å²) in [6.07, 6.45) is 0. The number of carbonyl (C=O) groups is 2. The van der Waals surface area contributed by atoms with Crippen molar-refractivity contribution in [1.82, 2.24) is 5.16 Å². The van der Waals surface area contributed by atoms with Crippen molar-refractivity contribution in [2.75, 3.05) is 5.32 Å². The molecule has 0 bridgehead atoms. The van der Waals surface area contributed by atoms with Crippen molar-refractivity contribution in [3.63, 3.8) is 0 Å². The second-order valence-electron chi connectivity index (χ2n) is 4.87. The third-order valence-electron chi connectivity index (χ3n) is 3.29. The molecule has 3 N–H and O–H groups in total. The molecule has 3 rings (SSSR count). The molecule has 2 heterocycles. The molecule has 2 amide bonds. The first-order valence-corrected chi connectivity index (χ1v) is 8.27. The molecule has 3 aromatic rings. The van der Waals surface area contributed by atoms with E-state index in [1.54, 1.807) is 35.7 Å². The number of benzene rings is 1. The number of anilines is 1. The SMILES string of the molecule is NC(=O)c1c(-c2ccsc2)noc1NC(=O)C(Cl)c1ccccc1. The minimum Gasteiger partial charge on any atom is -0.365 e. The molecule has 1 atom stereocenters. The van der Waals surface area contributed by atoms with Crippen LogP contribution in [0.25, 0.3) is 11.3 Å². The Hall–Kier alpha value is -2.64. The van der Waals surface area contributed by atoms with Crippen LogP contribution in [0.3, 0.4) is 0 Å². The van der Waals surface area contributed by atoms with E-state index < -0.39 is 17.2 Å². The van der Waals surface area contributed by atoms with E-state index in [9.17, 15) is 9.59 Å². The number of nitrogens with two attached hydrogens (primary N) is 1. The van der Waals surface area contributed by atoms with Crippen LogP contribution >= 0.6 is 22.9 Å². The van der Waals surface area contributed by atoms with Crippen LogP contribution in [0.1, 0.15) is 21.3 Å². The topological polar surface area (TPSA) is 98.2 Å². The quantitative estimate of drug-likeness (QED) is 0.680. The summed E-state index contributed by atoms with van der Waals surface area (Å²) >= 11 is 7.59. The largest absolute Gasteiger partial charge is 0.365 e. The third kappa shape index (κ3) is 3.17. The van der Waals surface area contributed by atoms with Gasteiger partial charge in [-0.3, -0.25) is 14.9 Å². The molecule has 0 radical (unpaired) electrons. The lowest BCUT2D eigenvalue weighted by Crippen LogP contribution is -2.20. The van der Waals surface area contributed by atoms with Crippen LogP contribution in [0.15, 0.2) is 51.7 Å². The molecule has 0 aliphatic heterocycles. The summed E-state index contributed by atoms with van der Waals surface area (Å²) in [5, 5.41) is 9.00. The minimum absolute atomic E-state index is 0.0127. The van der Waals surface area contributed by atoms with Gasteiger partial charge in [-0.05, 0) is 17.0 Å². The van der Waals surface area contributed by atoms with E-state index in [4.69, 9.17) is 21.9 Å². The molecule has 0 saturated heterocycles. The zero-order valence-corrected chi connectivity index (χ0v) is 13.8. The summed E-state index contributed by atoms with van der Waals surface area (Å²) in [6, 6.07) is 10.6. The molecule has 2 aromatic heterocycles. The Bertz CT molecular complexity index is 862. The molecule has 1 aromatic carbocycles. The molecule has 122 valence electrons. The monoisotopic (exact) mass is 361 g/mol. The van der Waals surface area contributed by atoms with Crippen molar-refractivity contribution in [3.8, 4) is 11.3 Å². The van der Waals surface area contributed by atoms with Gasteiger partial charge in [0, 0.05) is 10.9 Å². The Balaban J connectivity index is 1.88. The zero-order chi connectivity index (χ0) is 17.1. The average molecular weight is 362 g/mol. The third-order valence-corrected chi connectivity index (χ3v) is 4.43. The van der Waals surface area contributed by atoms with Crippen molar-refractivity contribution in [3.05, 3.63) is 58.3 Å². The summed E-state index contributed by atoms with van der Waals surface area (Å²) in [5.74, 6) is -1.41. The second kappa shape index (κ2) is 6.86. The number of thiophene rings is 1. The normalized spacial score (nSPS) is 11.9. The van der Waals surface area contributed by atoms with Gasteiger partial charge in [-0.2, -0.15) is 11.3 Å². The summed E-state index contributed by atoms with van der Waals surface area (Å²) in [6.45, 7) is 0. The van der Waals surface area contributed by atoms with Gasteiger partial charge in [0.1, 0.15) is 16.6 Å².